The van der Waals surface area contributed by atoms with Crippen LogP contribution in [0.25, 0.3) is 0 Å². The van der Waals surface area contributed by atoms with E-state index in [0.29, 0.717) is 13.0 Å². The first-order chi connectivity index (χ1) is 7.91. The highest BCUT2D eigenvalue weighted by molar-refractivity contribution is 5.73. The number of aromatic hydroxyl groups is 2. The van der Waals surface area contributed by atoms with Crippen LogP contribution in [0.2, 0.25) is 0 Å². The quantitative estimate of drug-likeness (QED) is 0.693. The summed E-state index contributed by atoms with van der Waals surface area (Å²) in [5, 5.41) is 21.4. The fourth-order valence-electron chi connectivity index (χ4n) is 1.46. The van der Waals surface area contributed by atoms with Gasteiger partial charge in [0.15, 0.2) is 11.5 Å². The first-order valence-electron chi connectivity index (χ1n) is 5.38. The van der Waals surface area contributed by atoms with Crippen molar-refractivity contribution < 1.29 is 15.0 Å². The average molecular weight is 238 g/mol. The number of phenolic OH excluding ortho intramolecular Hbond substituents is 2. The Bertz CT molecular complexity index is 416. The van der Waals surface area contributed by atoms with Crippen LogP contribution in [0.4, 0.5) is 4.79 Å². The van der Waals surface area contributed by atoms with Gasteiger partial charge in [-0.15, -0.1) is 0 Å². The fourth-order valence-corrected chi connectivity index (χ4v) is 1.46. The molecule has 0 aliphatic heterocycles. The van der Waals surface area contributed by atoms with Crippen molar-refractivity contribution >= 4 is 6.03 Å². The van der Waals surface area contributed by atoms with E-state index < -0.39 is 0 Å². The first kappa shape index (κ1) is 13.2. The molecule has 0 heterocycles. The van der Waals surface area contributed by atoms with Crippen molar-refractivity contribution in [3.05, 3.63) is 23.3 Å². The number of phenols is 2. The van der Waals surface area contributed by atoms with Crippen LogP contribution in [0.15, 0.2) is 12.1 Å². The summed E-state index contributed by atoms with van der Waals surface area (Å²) in [6, 6.07) is 2.89. The molecule has 1 aromatic carbocycles. The van der Waals surface area contributed by atoms with Gasteiger partial charge in [-0.25, -0.2) is 4.79 Å². The lowest BCUT2D eigenvalue weighted by Crippen LogP contribution is -2.35. The molecule has 0 unspecified atom stereocenters. The van der Waals surface area contributed by atoms with Crippen molar-refractivity contribution in [1.29, 1.82) is 0 Å². The van der Waals surface area contributed by atoms with Crippen LogP contribution in [-0.4, -0.2) is 41.8 Å². The topological polar surface area (TPSA) is 72.8 Å². The molecule has 0 atom stereocenters. The zero-order valence-corrected chi connectivity index (χ0v) is 10.3. The minimum absolute atomic E-state index is 0.122. The van der Waals surface area contributed by atoms with E-state index in [2.05, 4.69) is 5.32 Å². The van der Waals surface area contributed by atoms with Gasteiger partial charge in [0.05, 0.1) is 0 Å². The highest BCUT2D eigenvalue weighted by Crippen LogP contribution is 2.27. The predicted molar refractivity (Wildman–Crippen MR) is 65.3 cm³/mol. The molecule has 0 spiro atoms. The summed E-state index contributed by atoms with van der Waals surface area (Å²) in [6.45, 7) is 2.34. The van der Waals surface area contributed by atoms with Crippen molar-refractivity contribution in [1.82, 2.24) is 10.2 Å². The Morgan fingerprint density at radius 2 is 1.88 bits per heavy atom. The van der Waals surface area contributed by atoms with Gasteiger partial charge in [0.2, 0.25) is 0 Å². The van der Waals surface area contributed by atoms with Gasteiger partial charge in [-0.3, -0.25) is 0 Å². The Morgan fingerprint density at radius 3 is 2.47 bits per heavy atom. The molecule has 0 aliphatic rings. The number of benzene rings is 1. The SMILES string of the molecule is Cc1cc(O)c(O)cc1CCNC(=O)N(C)C. The van der Waals surface area contributed by atoms with Crippen molar-refractivity contribution in [2.45, 2.75) is 13.3 Å². The number of hydrogen-bond acceptors (Lipinski definition) is 3. The maximum absolute atomic E-state index is 11.3. The molecular formula is C12H18N2O3. The second-order valence-electron chi connectivity index (χ2n) is 4.14. The summed E-state index contributed by atoms with van der Waals surface area (Å²) in [7, 11) is 3.35. The Hall–Kier alpha value is -1.91. The third-order valence-electron chi connectivity index (χ3n) is 2.51. The van der Waals surface area contributed by atoms with E-state index in [1.807, 2.05) is 6.92 Å². The molecule has 94 valence electrons. The lowest BCUT2D eigenvalue weighted by molar-refractivity contribution is 0.217. The van der Waals surface area contributed by atoms with E-state index in [-0.39, 0.29) is 17.5 Å². The molecule has 1 rings (SSSR count). The highest BCUT2D eigenvalue weighted by Gasteiger charge is 2.06. The molecule has 1 aromatic rings. The maximum Gasteiger partial charge on any atom is 0.316 e. The largest absolute Gasteiger partial charge is 0.504 e. The molecule has 5 nitrogen and oxygen atoms in total. The van der Waals surface area contributed by atoms with Gasteiger partial charge >= 0.3 is 6.03 Å². The Kier molecular flexibility index (Phi) is 4.20. The van der Waals surface area contributed by atoms with Crippen LogP contribution >= 0.6 is 0 Å². The smallest absolute Gasteiger partial charge is 0.316 e. The van der Waals surface area contributed by atoms with Crippen molar-refractivity contribution in [3.63, 3.8) is 0 Å². The average Bonchev–Trinajstić information content (AvgIpc) is 2.25. The molecule has 5 heteroatoms. The summed E-state index contributed by atoms with van der Waals surface area (Å²) >= 11 is 0. The molecule has 0 aliphatic carbocycles. The molecule has 17 heavy (non-hydrogen) atoms. The van der Waals surface area contributed by atoms with Crippen molar-refractivity contribution in [2.75, 3.05) is 20.6 Å². The molecular weight excluding hydrogens is 220 g/mol. The van der Waals surface area contributed by atoms with Crippen LogP contribution < -0.4 is 5.32 Å². The first-order valence-corrected chi connectivity index (χ1v) is 5.38. The van der Waals surface area contributed by atoms with Gasteiger partial charge in [-0.1, -0.05) is 0 Å². The molecule has 0 saturated heterocycles. The standard InChI is InChI=1S/C12H18N2O3/c1-8-6-10(15)11(16)7-9(8)4-5-13-12(17)14(2)3/h6-7,15-16H,4-5H2,1-3H3,(H,13,17). The molecule has 3 N–H and O–H groups in total. The number of urea groups is 1. The molecule has 0 fully saturated rings. The molecule has 0 radical (unpaired) electrons. The maximum atomic E-state index is 11.3. The summed E-state index contributed by atoms with van der Waals surface area (Å²) in [4.78, 5) is 12.7. The van der Waals surface area contributed by atoms with Gasteiger partial charge in [-0.05, 0) is 36.6 Å². The number of carbonyl (C=O) groups is 1. The summed E-state index contributed by atoms with van der Waals surface area (Å²) < 4.78 is 0. The zero-order chi connectivity index (χ0) is 13.0. The molecule has 2 amide bonds. The Morgan fingerprint density at radius 1 is 1.29 bits per heavy atom. The molecule has 0 saturated carbocycles. The number of hydrogen-bond donors (Lipinski definition) is 3. The van der Waals surface area contributed by atoms with Gasteiger partial charge < -0.3 is 20.4 Å². The number of nitrogens with zero attached hydrogens (tertiary/aromatic N) is 1. The number of aryl methyl sites for hydroxylation is 1. The number of rotatable bonds is 3. The van der Waals surface area contributed by atoms with E-state index >= 15 is 0 Å². The lowest BCUT2D eigenvalue weighted by atomic mass is 10.0. The predicted octanol–water partition coefficient (Wildman–Crippen LogP) is 1.22. The zero-order valence-electron chi connectivity index (χ0n) is 10.3. The van der Waals surface area contributed by atoms with Crippen LogP contribution in [0.3, 0.4) is 0 Å². The van der Waals surface area contributed by atoms with E-state index in [0.717, 1.165) is 11.1 Å². The van der Waals surface area contributed by atoms with Crippen molar-refractivity contribution in [2.24, 2.45) is 0 Å². The van der Waals surface area contributed by atoms with E-state index in [4.69, 9.17) is 0 Å². The van der Waals surface area contributed by atoms with Crippen LogP contribution in [0, 0.1) is 6.92 Å². The third kappa shape index (κ3) is 3.55. The van der Waals surface area contributed by atoms with Gasteiger partial charge in [-0.2, -0.15) is 0 Å². The molecule has 0 aromatic heterocycles. The number of carbonyl (C=O) groups excluding carboxylic acids is 1. The van der Waals surface area contributed by atoms with E-state index in [1.54, 1.807) is 14.1 Å². The van der Waals surface area contributed by atoms with Crippen LogP contribution in [0.1, 0.15) is 11.1 Å². The van der Waals surface area contributed by atoms with Crippen LogP contribution in [-0.2, 0) is 6.42 Å². The van der Waals surface area contributed by atoms with Gasteiger partial charge in [0.1, 0.15) is 0 Å². The summed E-state index contributed by atoms with van der Waals surface area (Å²) in [6.07, 6.45) is 0.610. The normalized spacial score (nSPS) is 10.1. The number of nitrogens with one attached hydrogen (secondary N) is 1. The summed E-state index contributed by atoms with van der Waals surface area (Å²) in [5.74, 6) is -0.256. The highest BCUT2D eigenvalue weighted by atomic mass is 16.3. The molecule has 0 bridgehead atoms. The monoisotopic (exact) mass is 238 g/mol. The third-order valence-corrected chi connectivity index (χ3v) is 2.51. The van der Waals surface area contributed by atoms with Crippen molar-refractivity contribution in [3.8, 4) is 11.5 Å². The summed E-state index contributed by atoms with van der Waals surface area (Å²) in [5.41, 5.74) is 1.79. The fraction of sp³-hybridized carbons (Fsp3) is 0.417. The van der Waals surface area contributed by atoms with Crippen LogP contribution in [0.5, 0.6) is 11.5 Å². The Balaban J connectivity index is 2.58. The Labute approximate surface area is 101 Å². The van der Waals surface area contributed by atoms with E-state index in [1.165, 1.54) is 17.0 Å². The number of amides is 2. The lowest BCUT2D eigenvalue weighted by Gasteiger charge is -2.13. The minimum Gasteiger partial charge on any atom is -0.504 e. The second-order valence-corrected chi connectivity index (χ2v) is 4.14. The van der Waals surface area contributed by atoms with Gasteiger partial charge in [0, 0.05) is 20.6 Å². The van der Waals surface area contributed by atoms with Gasteiger partial charge in [0.25, 0.3) is 0 Å². The van der Waals surface area contributed by atoms with E-state index in [9.17, 15) is 15.0 Å². The minimum atomic E-state index is -0.148. The second kappa shape index (κ2) is 5.43.